The summed E-state index contributed by atoms with van der Waals surface area (Å²) in [6, 6.07) is 8.28. The molecule has 1 aliphatic rings. The van der Waals surface area contributed by atoms with Crippen molar-refractivity contribution in [2.75, 3.05) is 32.7 Å². The number of aromatic amines is 1. The summed E-state index contributed by atoms with van der Waals surface area (Å²) >= 11 is 0. The summed E-state index contributed by atoms with van der Waals surface area (Å²) in [5, 5.41) is 1.24. The second kappa shape index (κ2) is 6.97. The first kappa shape index (κ1) is 15.1. The molecule has 0 atom stereocenters. The number of para-hydroxylation sites is 1. The van der Waals surface area contributed by atoms with Crippen LogP contribution in [0.25, 0.3) is 10.9 Å². The Bertz CT molecular complexity index is 634. The van der Waals surface area contributed by atoms with Gasteiger partial charge in [0.05, 0.1) is 0 Å². The number of hydrogen-bond acceptors (Lipinski definition) is 2. The number of benzene rings is 1. The average Bonchev–Trinajstić information content (AvgIpc) is 2.80. The van der Waals surface area contributed by atoms with E-state index in [1.807, 2.05) is 17.2 Å². The van der Waals surface area contributed by atoms with Crippen molar-refractivity contribution in [3.63, 3.8) is 0 Å². The summed E-state index contributed by atoms with van der Waals surface area (Å²) in [6.07, 6.45) is 4.55. The Labute approximate surface area is 132 Å². The van der Waals surface area contributed by atoms with E-state index in [2.05, 4.69) is 35.0 Å². The van der Waals surface area contributed by atoms with Crippen LogP contribution in [0.3, 0.4) is 0 Å². The molecule has 4 nitrogen and oxygen atoms in total. The number of hydrogen-bond donors (Lipinski definition) is 1. The number of carbonyl (C=O) groups excluding carboxylic acids is 1. The molecule has 2 heterocycles. The Hall–Kier alpha value is -1.81. The van der Waals surface area contributed by atoms with Crippen molar-refractivity contribution in [2.24, 2.45) is 0 Å². The highest BCUT2D eigenvalue weighted by Crippen LogP contribution is 2.19. The molecular formula is C18H25N3O. The van der Waals surface area contributed by atoms with Crippen LogP contribution in [-0.2, 0) is 11.2 Å². The lowest BCUT2D eigenvalue weighted by Crippen LogP contribution is -2.35. The average molecular weight is 299 g/mol. The van der Waals surface area contributed by atoms with Gasteiger partial charge in [-0.3, -0.25) is 4.79 Å². The molecule has 1 aromatic carbocycles. The highest BCUT2D eigenvalue weighted by Gasteiger charge is 2.18. The molecule has 118 valence electrons. The van der Waals surface area contributed by atoms with Gasteiger partial charge in [-0.25, -0.2) is 0 Å². The maximum absolute atomic E-state index is 12.5. The van der Waals surface area contributed by atoms with Gasteiger partial charge in [-0.05, 0) is 37.6 Å². The summed E-state index contributed by atoms with van der Waals surface area (Å²) < 4.78 is 0. The maximum atomic E-state index is 12.5. The number of rotatable bonds is 4. The van der Waals surface area contributed by atoms with E-state index in [0.29, 0.717) is 12.3 Å². The van der Waals surface area contributed by atoms with Gasteiger partial charge in [-0.15, -0.1) is 0 Å². The number of H-pyrrole nitrogens is 1. The first-order chi connectivity index (χ1) is 10.8. The van der Waals surface area contributed by atoms with E-state index in [1.165, 1.54) is 10.9 Å². The van der Waals surface area contributed by atoms with E-state index >= 15 is 0 Å². The summed E-state index contributed by atoms with van der Waals surface area (Å²) in [7, 11) is 0. The molecule has 22 heavy (non-hydrogen) atoms. The fourth-order valence-corrected chi connectivity index (χ4v) is 3.27. The monoisotopic (exact) mass is 299 g/mol. The van der Waals surface area contributed by atoms with E-state index in [-0.39, 0.29) is 0 Å². The number of nitrogens with zero attached hydrogens (tertiary/aromatic N) is 2. The summed E-state index contributed by atoms with van der Waals surface area (Å²) in [6.45, 7) is 7.17. The Morgan fingerprint density at radius 2 is 2.05 bits per heavy atom. The molecule has 1 saturated heterocycles. The minimum atomic E-state index is 0.295. The third-order valence-electron chi connectivity index (χ3n) is 4.67. The quantitative estimate of drug-likeness (QED) is 0.942. The minimum Gasteiger partial charge on any atom is -0.361 e. The normalized spacial score (nSPS) is 16.9. The number of aromatic nitrogens is 1. The largest absolute Gasteiger partial charge is 0.361 e. The molecule has 2 aromatic rings. The van der Waals surface area contributed by atoms with E-state index in [0.717, 1.165) is 51.1 Å². The Morgan fingerprint density at radius 3 is 2.91 bits per heavy atom. The van der Waals surface area contributed by atoms with Gasteiger partial charge in [0.2, 0.25) is 5.91 Å². The minimum absolute atomic E-state index is 0.295. The van der Waals surface area contributed by atoms with Crippen molar-refractivity contribution in [1.29, 1.82) is 0 Å². The van der Waals surface area contributed by atoms with Crippen LogP contribution in [0, 0.1) is 0 Å². The summed E-state index contributed by atoms with van der Waals surface area (Å²) in [5.74, 6) is 0.295. The van der Waals surface area contributed by atoms with Crippen molar-refractivity contribution in [1.82, 2.24) is 14.8 Å². The molecule has 4 heteroatoms. The molecule has 0 spiro atoms. The molecule has 0 saturated carbocycles. The van der Waals surface area contributed by atoms with Crippen molar-refractivity contribution >= 4 is 16.8 Å². The lowest BCUT2D eigenvalue weighted by atomic mass is 10.1. The molecule has 1 amide bonds. The van der Waals surface area contributed by atoms with Gasteiger partial charge >= 0.3 is 0 Å². The second-order valence-corrected chi connectivity index (χ2v) is 6.03. The molecule has 0 unspecified atom stereocenters. The zero-order valence-corrected chi connectivity index (χ0v) is 13.3. The van der Waals surface area contributed by atoms with E-state index in [1.54, 1.807) is 0 Å². The zero-order valence-electron chi connectivity index (χ0n) is 13.3. The summed E-state index contributed by atoms with van der Waals surface area (Å²) in [5.41, 5.74) is 2.40. The molecule has 0 bridgehead atoms. The first-order valence-electron chi connectivity index (χ1n) is 8.33. The van der Waals surface area contributed by atoms with Crippen LogP contribution in [0.1, 0.15) is 25.3 Å². The highest BCUT2D eigenvalue weighted by atomic mass is 16.2. The van der Waals surface area contributed by atoms with Crippen molar-refractivity contribution in [3.8, 4) is 0 Å². The van der Waals surface area contributed by atoms with Crippen LogP contribution >= 0.6 is 0 Å². The topological polar surface area (TPSA) is 39.3 Å². The molecule has 3 rings (SSSR count). The van der Waals surface area contributed by atoms with Crippen molar-refractivity contribution in [2.45, 2.75) is 26.2 Å². The smallest absolute Gasteiger partial charge is 0.222 e. The Balaban J connectivity index is 1.58. The van der Waals surface area contributed by atoms with Crippen LogP contribution in [-0.4, -0.2) is 53.4 Å². The Morgan fingerprint density at radius 1 is 1.18 bits per heavy atom. The SMILES string of the molecule is CCN1CCCN(C(=O)CCc2c[nH]c3ccccc23)CC1. The molecule has 0 radical (unpaired) electrons. The zero-order chi connectivity index (χ0) is 15.4. The van der Waals surface area contributed by atoms with E-state index in [4.69, 9.17) is 0 Å². The standard InChI is InChI=1S/C18H25N3O/c1-2-20-10-5-11-21(13-12-20)18(22)9-8-15-14-19-17-7-4-3-6-16(15)17/h3-4,6-7,14,19H,2,5,8-13H2,1H3. The van der Waals surface area contributed by atoms with Crippen molar-refractivity contribution < 1.29 is 4.79 Å². The van der Waals surface area contributed by atoms with Crippen LogP contribution in [0.15, 0.2) is 30.5 Å². The number of nitrogens with one attached hydrogen (secondary N) is 1. The molecule has 1 N–H and O–H groups in total. The number of aryl methyl sites for hydroxylation is 1. The molecule has 1 fully saturated rings. The fraction of sp³-hybridized carbons (Fsp3) is 0.500. The number of carbonyl (C=O) groups is 1. The number of fused-ring (bicyclic) bond motifs is 1. The van der Waals surface area contributed by atoms with Gasteiger partial charge in [0.1, 0.15) is 0 Å². The molecule has 1 aromatic heterocycles. The lowest BCUT2D eigenvalue weighted by molar-refractivity contribution is -0.131. The predicted octanol–water partition coefficient (Wildman–Crippen LogP) is 2.65. The second-order valence-electron chi connectivity index (χ2n) is 6.03. The lowest BCUT2D eigenvalue weighted by Gasteiger charge is -2.21. The molecular weight excluding hydrogens is 274 g/mol. The van der Waals surface area contributed by atoms with Gasteiger partial charge in [-0.2, -0.15) is 0 Å². The van der Waals surface area contributed by atoms with Crippen LogP contribution in [0.5, 0.6) is 0 Å². The number of likely N-dealkylation sites (N-methyl/N-ethyl adjacent to an activating group) is 1. The van der Waals surface area contributed by atoms with Gasteiger partial charge in [-0.1, -0.05) is 25.1 Å². The maximum Gasteiger partial charge on any atom is 0.222 e. The highest BCUT2D eigenvalue weighted by molar-refractivity contribution is 5.84. The first-order valence-corrected chi connectivity index (χ1v) is 8.33. The molecule has 0 aliphatic carbocycles. The Kier molecular flexibility index (Phi) is 4.78. The molecule has 1 aliphatic heterocycles. The van der Waals surface area contributed by atoms with E-state index in [9.17, 15) is 4.79 Å². The van der Waals surface area contributed by atoms with Crippen LogP contribution in [0.2, 0.25) is 0 Å². The van der Waals surface area contributed by atoms with Crippen LogP contribution in [0.4, 0.5) is 0 Å². The van der Waals surface area contributed by atoms with E-state index < -0.39 is 0 Å². The van der Waals surface area contributed by atoms with Gasteiger partial charge in [0, 0.05) is 43.2 Å². The van der Waals surface area contributed by atoms with Crippen molar-refractivity contribution in [3.05, 3.63) is 36.0 Å². The van der Waals surface area contributed by atoms with Gasteiger partial charge in [0.25, 0.3) is 0 Å². The van der Waals surface area contributed by atoms with Gasteiger partial charge < -0.3 is 14.8 Å². The van der Waals surface area contributed by atoms with Crippen LogP contribution < -0.4 is 0 Å². The fourth-order valence-electron chi connectivity index (χ4n) is 3.27. The summed E-state index contributed by atoms with van der Waals surface area (Å²) in [4.78, 5) is 20.2. The predicted molar refractivity (Wildman–Crippen MR) is 89.9 cm³/mol. The third kappa shape index (κ3) is 3.33. The number of amides is 1. The van der Waals surface area contributed by atoms with Gasteiger partial charge in [0.15, 0.2) is 0 Å². The third-order valence-corrected chi connectivity index (χ3v) is 4.67.